The van der Waals surface area contributed by atoms with E-state index in [0.29, 0.717) is 13.0 Å². The number of nitrogens with zero attached hydrogens (tertiary/aromatic N) is 3. The predicted molar refractivity (Wildman–Crippen MR) is 97.1 cm³/mol. The van der Waals surface area contributed by atoms with E-state index in [2.05, 4.69) is 5.32 Å². The highest BCUT2D eigenvalue weighted by atomic mass is 32.2. The Bertz CT molecular complexity index is 829. The minimum atomic E-state index is -3.19. The van der Waals surface area contributed by atoms with Gasteiger partial charge in [0.1, 0.15) is 6.07 Å². The van der Waals surface area contributed by atoms with Crippen LogP contribution in [0.4, 0.5) is 5.69 Å². The third kappa shape index (κ3) is 5.03. The number of anilines is 1. The average Bonchev–Trinajstić information content (AvgIpc) is 2.94. The van der Waals surface area contributed by atoms with Gasteiger partial charge in [0, 0.05) is 19.1 Å². The normalized spacial score (nSPS) is 18.3. The number of rotatable bonds is 5. The summed E-state index contributed by atoms with van der Waals surface area (Å²) < 4.78 is 23.5. The summed E-state index contributed by atoms with van der Waals surface area (Å²) in [5, 5.41) is 11.5. The molecule has 0 aromatic heterocycles. The van der Waals surface area contributed by atoms with E-state index < -0.39 is 27.7 Å². The van der Waals surface area contributed by atoms with Gasteiger partial charge in [-0.1, -0.05) is 12.1 Å². The van der Waals surface area contributed by atoms with Gasteiger partial charge in [0.05, 0.1) is 22.8 Å². The van der Waals surface area contributed by atoms with Gasteiger partial charge in [0.25, 0.3) is 0 Å². The summed E-state index contributed by atoms with van der Waals surface area (Å²) in [4.78, 5) is 28.3. The van der Waals surface area contributed by atoms with Crippen molar-refractivity contribution in [2.75, 3.05) is 44.0 Å². The van der Waals surface area contributed by atoms with Gasteiger partial charge in [-0.2, -0.15) is 5.26 Å². The van der Waals surface area contributed by atoms with Crippen LogP contribution in [0, 0.1) is 11.3 Å². The Labute approximate surface area is 153 Å². The molecule has 8 nitrogen and oxygen atoms in total. The Hall–Kier alpha value is -2.44. The number of hydrogen-bond acceptors (Lipinski definition) is 6. The van der Waals surface area contributed by atoms with Gasteiger partial charge in [0.2, 0.25) is 0 Å². The maximum Gasteiger partial charge on any atom is 0.313 e. The first-order chi connectivity index (χ1) is 12.2. The topological polar surface area (TPSA) is 111 Å². The molecule has 0 saturated carbocycles. The van der Waals surface area contributed by atoms with Crippen LogP contribution in [0.25, 0.3) is 0 Å². The highest BCUT2D eigenvalue weighted by molar-refractivity contribution is 7.91. The number of likely N-dealkylation sites (N-methyl/N-ethyl adjacent to an activating group) is 1. The van der Waals surface area contributed by atoms with Gasteiger partial charge in [-0.15, -0.1) is 0 Å². The lowest BCUT2D eigenvalue weighted by Crippen LogP contribution is -2.49. The lowest BCUT2D eigenvalue weighted by atomic mass is 10.2. The molecule has 0 radical (unpaired) electrons. The third-order valence-electron chi connectivity index (χ3n) is 4.19. The fourth-order valence-corrected chi connectivity index (χ4v) is 4.51. The van der Waals surface area contributed by atoms with Crippen LogP contribution in [-0.2, 0) is 19.4 Å². The quantitative estimate of drug-likeness (QED) is 0.726. The Balaban J connectivity index is 2.17. The third-order valence-corrected chi connectivity index (χ3v) is 5.94. The summed E-state index contributed by atoms with van der Waals surface area (Å²) in [6.45, 7) is 0.754. The molecule has 2 amide bonds. The van der Waals surface area contributed by atoms with Crippen LogP contribution in [0.2, 0.25) is 0 Å². The Morgan fingerprint density at radius 1 is 1.27 bits per heavy atom. The van der Waals surface area contributed by atoms with E-state index >= 15 is 0 Å². The van der Waals surface area contributed by atoms with E-state index in [9.17, 15) is 18.0 Å². The second kappa shape index (κ2) is 8.29. The molecule has 0 aliphatic carbocycles. The lowest BCUT2D eigenvalue weighted by molar-refractivity contribution is -0.144. The Morgan fingerprint density at radius 3 is 2.54 bits per heavy atom. The Morgan fingerprint density at radius 2 is 1.96 bits per heavy atom. The monoisotopic (exact) mass is 378 g/mol. The molecule has 1 atom stereocenters. The van der Waals surface area contributed by atoms with Crippen LogP contribution in [0.15, 0.2) is 24.3 Å². The second-order valence-corrected chi connectivity index (χ2v) is 8.70. The van der Waals surface area contributed by atoms with Crippen molar-refractivity contribution in [1.29, 1.82) is 5.26 Å². The number of hydrogen-bond donors (Lipinski definition) is 1. The number of nitriles is 1. The smallest absolute Gasteiger partial charge is 0.313 e. The fraction of sp³-hybridized carbons (Fsp3) is 0.471. The molecular weight excluding hydrogens is 356 g/mol. The minimum Gasteiger partial charge on any atom is -0.329 e. The summed E-state index contributed by atoms with van der Waals surface area (Å²) in [6.07, 6.45) is 0.323. The summed E-state index contributed by atoms with van der Waals surface area (Å²) in [5.74, 6) is -1.78. The summed E-state index contributed by atoms with van der Waals surface area (Å²) in [6, 6.07) is 7.81. The van der Waals surface area contributed by atoms with Crippen molar-refractivity contribution in [3.05, 3.63) is 29.8 Å². The van der Waals surface area contributed by atoms with Gasteiger partial charge in [0.15, 0.2) is 9.84 Å². The van der Waals surface area contributed by atoms with Crippen LogP contribution < -0.4 is 5.32 Å². The molecule has 26 heavy (non-hydrogen) atoms. The maximum absolute atomic E-state index is 12.7. The largest absolute Gasteiger partial charge is 0.329 e. The summed E-state index contributed by atoms with van der Waals surface area (Å²) >= 11 is 0. The summed E-state index contributed by atoms with van der Waals surface area (Å²) in [7, 11) is 0.471. The molecule has 1 fully saturated rings. The first-order valence-corrected chi connectivity index (χ1v) is 10.0. The van der Waals surface area contributed by atoms with E-state index in [1.54, 1.807) is 12.1 Å². The predicted octanol–water partition coefficient (Wildman–Crippen LogP) is 0.0741. The molecule has 1 aromatic rings. The zero-order valence-electron chi connectivity index (χ0n) is 14.8. The van der Waals surface area contributed by atoms with Crippen molar-refractivity contribution in [1.82, 2.24) is 9.80 Å². The number of carbonyl (C=O) groups excluding carboxylic acids is 2. The minimum absolute atomic E-state index is 0.0162. The van der Waals surface area contributed by atoms with Crippen LogP contribution in [-0.4, -0.2) is 74.8 Å². The molecule has 1 saturated heterocycles. The zero-order chi connectivity index (χ0) is 19.3. The van der Waals surface area contributed by atoms with Gasteiger partial charge in [-0.05, 0) is 32.6 Å². The highest BCUT2D eigenvalue weighted by Crippen LogP contribution is 2.19. The molecule has 1 N–H and O–H groups in total. The van der Waals surface area contributed by atoms with Crippen molar-refractivity contribution < 1.29 is 18.0 Å². The second-order valence-electron chi connectivity index (χ2n) is 6.47. The first-order valence-electron chi connectivity index (χ1n) is 8.20. The van der Waals surface area contributed by atoms with Crippen LogP contribution in [0.5, 0.6) is 0 Å². The maximum atomic E-state index is 12.7. The average molecular weight is 378 g/mol. The number of carbonyl (C=O) groups is 2. The van der Waals surface area contributed by atoms with E-state index in [4.69, 9.17) is 5.26 Å². The molecule has 1 aliphatic rings. The summed E-state index contributed by atoms with van der Waals surface area (Å²) in [5.41, 5.74) is 0.497. The number of para-hydroxylation sites is 1. The van der Waals surface area contributed by atoms with Crippen molar-refractivity contribution in [3.8, 4) is 6.07 Å². The molecule has 1 aliphatic heterocycles. The molecule has 1 unspecified atom stereocenters. The van der Waals surface area contributed by atoms with Gasteiger partial charge < -0.3 is 15.1 Å². The zero-order valence-corrected chi connectivity index (χ0v) is 15.6. The lowest BCUT2D eigenvalue weighted by Gasteiger charge is -2.28. The first kappa shape index (κ1) is 19.9. The standard InChI is InChI=1S/C17H22N4O4S/c1-20(2)8-9-21(14-7-10-26(24,25)12-14)17(23)16(22)19-15-6-4-3-5-13(15)11-18/h3-6,14H,7-10,12H2,1-2H3,(H,19,22). The van der Waals surface area contributed by atoms with Crippen molar-refractivity contribution in [2.24, 2.45) is 0 Å². The molecule has 9 heteroatoms. The van der Waals surface area contributed by atoms with Crippen molar-refractivity contribution in [3.63, 3.8) is 0 Å². The van der Waals surface area contributed by atoms with Crippen LogP contribution in [0.3, 0.4) is 0 Å². The SMILES string of the molecule is CN(C)CCN(C(=O)C(=O)Nc1ccccc1C#N)C1CCS(=O)(=O)C1. The molecule has 1 aromatic carbocycles. The van der Waals surface area contributed by atoms with Crippen LogP contribution in [0.1, 0.15) is 12.0 Å². The fourth-order valence-electron chi connectivity index (χ4n) is 2.77. The molecule has 0 bridgehead atoms. The number of amides is 2. The molecule has 1 heterocycles. The number of benzene rings is 1. The molecule has 2 rings (SSSR count). The number of nitrogens with one attached hydrogen (secondary N) is 1. The van der Waals surface area contributed by atoms with Crippen LogP contribution >= 0.6 is 0 Å². The molecule has 140 valence electrons. The number of sulfone groups is 1. The van der Waals surface area contributed by atoms with E-state index in [-0.39, 0.29) is 29.3 Å². The highest BCUT2D eigenvalue weighted by Gasteiger charge is 2.36. The van der Waals surface area contributed by atoms with Crippen molar-refractivity contribution in [2.45, 2.75) is 12.5 Å². The van der Waals surface area contributed by atoms with E-state index in [0.717, 1.165) is 0 Å². The van der Waals surface area contributed by atoms with Crippen molar-refractivity contribution >= 4 is 27.3 Å². The van der Waals surface area contributed by atoms with Gasteiger partial charge >= 0.3 is 11.8 Å². The molecular formula is C17H22N4O4S. The Kier molecular flexibility index (Phi) is 6.34. The van der Waals surface area contributed by atoms with Gasteiger partial charge in [-0.25, -0.2) is 8.42 Å². The van der Waals surface area contributed by atoms with E-state index in [1.807, 2.05) is 25.1 Å². The van der Waals surface area contributed by atoms with Gasteiger partial charge in [-0.3, -0.25) is 9.59 Å². The van der Waals surface area contributed by atoms with E-state index in [1.165, 1.54) is 17.0 Å². The molecule has 0 spiro atoms.